The van der Waals surface area contributed by atoms with Crippen LogP contribution in [0.1, 0.15) is 32.1 Å². The van der Waals surface area contributed by atoms with Crippen LogP contribution in [0.5, 0.6) is 0 Å². The third-order valence-corrected chi connectivity index (χ3v) is 4.53. The summed E-state index contributed by atoms with van der Waals surface area (Å²) >= 11 is 6.06. The van der Waals surface area contributed by atoms with Crippen LogP contribution in [0, 0.1) is 0 Å². The molecule has 0 aliphatic carbocycles. The van der Waals surface area contributed by atoms with Crippen molar-refractivity contribution in [3.63, 3.8) is 0 Å². The van der Waals surface area contributed by atoms with Crippen molar-refractivity contribution < 1.29 is 9.59 Å². The molecular weight excluding hydrogens is 288 g/mol. The van der Waals surface area contributed by atoms with E-state index in [4.69, 9.17) is 11.6 Å². The van der Waals surface area contributed by atoms with Crippen LogP contribution in [0.15, 0.2) is 24.3 Å². The van der Waals surface area contributed by atoms with Gasteiger partial charge in [0.2, 0.25) is 11.8 Å². The Kier molecular flexibility index (Phi) is 4.15. The molecule has 0 saturated carbocycles. The number of anilines is 1. The van der Waals surface area contributed by atoms with Gasteiger partial charge < -0.3 is 4.90 Å². The smallest absolute Gasteiger partial charge is 0.229 e. The summed E-state index contributed by atoms with van der Waals surface area (Å²) in [7, 11) is 0. The van der Waals surface area contributed by atoms with Crippen LogP contribution in [0.25, 0.3) is 0 Å². The lowest BCUT2D eigenvalue weighted by molar-refractivity contribution is -0.148. The Balaban J connectivity index is 1.75. The van der Waals surface area contributed by atoms with Gasteiger partial charge in [-0.3, -0.25) is 14.5 Å². The fourth-order valence-electron chi connectivity index (χ4n) is 3.23. The normalized spacial score (nSPS) is 23.0. The highest BCUT2D eigenvalue weighted by Crippen LogP contribution is 2.28. The Labute approximate surface area is 129 Å². The molecule has 3 rings (SSSR count). The Morgan fingerprint density at radius 2 is 1.90 bits per heavy atom. The number of nitrogens with zero attached hydrogens (tertiary/aromatic N) is 2. The SMILES string of the molecule is O=C1CCCC(=O)N1CC1CCCN1c1cccc(Cl)c1. The molecule has 2 fully saturated rings. The molecule has 4 nitrogen and oxygen atoms in total. The number of hydrogen-bond donors (Lipinski definition) is 0. The fourth-order valence-corrected chi connectivity index (χ4v) is 3.42. The van der Waals surface area contributed by atoms with Gasteiger partial charge in [0.05, 0.1) is 0 Å². The zero-order valence-corrected chi connectivity index (χ0v) is 12.7. The van der Waals surface area contributed by atoms with E-state index in [1.54, 1.807) is 0 Å². The minimum absolute atomic E-state index is 0.0239. The number of imide groups is 1. The first-order valence-corrected chi connectivity index (χ1v) is 7.88. The number of rotatable bonds is 3. The second kappa shape index (κ2) is 6.06. The highest BCUT2D eigenvalue weighted by atomic mass is 35.5. The maximum atomic E-state index is 12.0. The molecule has 112 valence electrons. The molecule has 2 aliphatic rings. The van der Waals surface area contributed by atoms with Crippen molar-refractivity contribution in [3.05, 3.63) is 29.3 Å². The first-order chi connectivity index (χ1) is 10.1. The zero-order chi connectivity index (χ0) is 14.8. The molecule has 21 heavy (non-hydrogen) atoms. The largest absolute Gasteiger partial charge is 0.367 e. The van der Waals surface area contributed by atoms with E-state index >= 15 is 0 Å². The lowest BCUT2D eigenvalue weighted by atomic mass is 10.1. The van der Waals surface area contributed by atoms with E-state index in [1.807, 2.05) is 24.3 Å². The quantitative estimate of drug-likeness (QED) is 0.806. The van der Waals surface area contributed by atoms with Crippen LogP contribution in [0.3, 0.4) is 0 Å². The molecule has 5 heteroatoms. The highest BCUT2D eigenvalue weighted by molar-refractivity contribution is 6.30. The molecule has 0 spiro atoms. The van der Waals surface area contributed by atoms with Crippen LogP contribution in [-0.4, -0.2) is 35.8 Å². The van der Waals surface area contributed by atoms with E-state index in [9.17, 15) is 9.59 Å². The topological polar surface area (TPSA) is 40.6 Å². The van der Waals surface area contributed by atoms with Crippen molar-refractivity contribution in [3.8, 4) is 0 Å². The number of likely N-dealkylation sites (tertiary alicyclic amines) is 1. The lowest BCUT2D eigenvalue weighted by Gasteiger charge is -2.33. The number of amides is 2. The minimum atomic E-state index is -0.0239. The summed E-state index contributed by atoms with van der Waals surface area (Å²) in [6.07, 6.45) is 3.76. The molecule has 0 bridgehead atoms. The van der Waals surface area contributed by atoms with Gasteiger partial charge >= 0.3 is 0 Å². The standard InChI is InChI=1S/C16H19ClN2O2/c17-12-4-1-5-13(10-12)18-9-3-6-14(18)11-19-15(20)7-2-8-16(19)21/h1,4-5,10,14H,2-3,6-9,11H2. The van der Waals surface area contributed by atoms with E-state index in [0.29, 0.717) is 30.8 Å². The number of benzene rings is 1. The third kappa shape index (κ3) is 3.05. The van der Waals surface area contributed by atoms with Gasteiger partial charge in [-0.25, -0.2) is 0 Å². The summed E-state index contributed by atoms with van der Waals surface area (Å²) < 4.78 is 0. The van der Waals surface area contributed by atoms with E-state index in [0.717, 1.165) is 25.1 Å². The molecule has 0 aromatic heterocycles. The Morgan fingerprint density at radius 1 is 1.14 bits per heavy atom. The van der Waals surface area contributed by atoms with E-state index < -0.39 is 0 Å². The first kappa shape index (κ1) is 14.4. The van der Waals surface area contributed by atoms with E-state index in [2.05, 4.69) is 4.90 Å². The fraction of sp³-hybridized carbons (Fsp3) is 0.500. The van der Waals surface area contributed by atoms with Crippen LogP contribution >= 0.6 is 11.6 Å². The monoisotopic (exact) mass is 306 g/mol. The Hall–Kier alpha value is -1.55. The number of carbonyl (C=O) groups is 2. The average Bonchev–Trinajstić information content (AvgIpc) is 2.91. The molecule has 2 aliphatic heterocycles. The molecule has 0 radical (unpaired) electrons. The van der Waals surface area contributed by atoms with Gasteiger partial charge in [-0.05, 0) is 37.5 Å². The van der Waals surface area contributed by atoms with Gasteiger partial charge in [-0.15, -0.1) is 0 Å². The minimum Gasteiger partial charge on any atom is -0.367 e. The molecule has 1 unspecified atom stereocenters. The number of piperidine rings is 1. The summed E-state index contributed by atoms with van der Waals surface area (Å²) in [4.78, 5) is 27.6. The van der Waals surface area contributed by atoms with Gasteiger partial charge in [0.1, 0.15) is 0 Å². The summed E-state index contributed by atoms with van der Waals surface area (Å²) in [6, 6.07) is 7.97. The van der Waals surface area contributed by atoms with E-state index in [-0.39, 0.29) is 17.9 Å². The molecule has 1 aromatic carbocycles. The summed E-state index contributed by atoms with van der Waals surface area (Å²) in [5, 5.41) is 0.711. The lowest BCUT2D eigenvalue weighted by Crippen LogP contribution is -2.47. The molecular formula is C16H19ClN2O2. The van der Waals surface area contributed by atoms with Gasteiger partial charge in [0.15, 0.2) is 0 Å². The Bertz CT molecular complexity index is 545. The zero-order valence-electron chi connectivity index (χ0n) is 11.9. The summed E-state index contributed by atoms with van der Waals surface area (Å²) in [5.74, 6) is -0.0478. The first-order valence-electron chi connectivity index (χ1n) is 7.50. The van der Waals surface area contributed by atoms with Crippen LogP contribution in [0.4, 0.5) is 5.69 Å². The molecule has 1 atom stereocenters. The van der Waals surface area contributed by atoms with Gasteiger partial charge in [-0.1, -0.05) is 17.7 Å². The van der Waals surface area contributed by atoms with Crippen molar-refractivity contribution in [1.82, 2.24) is 4.90 Å². The highest BCUT2D eigenvalue weighted by Gasteiger charge is 2.32. The van der Waals surface area contributed by atoms with Crippen molar-refractivity contribution in [1.29, 1.82) is 0 Å². The van der Waals surface area contributed by atoms with Crippen molar-refractivity contribution in [2.24, 2.45) is 0 Å². The van der Waals surface area contributed by atoms with Crippen molar-refractivity contribution in [2.45, 2.75) is 38.1 Å². The molecule has 2 saturated heterocycles. The van der Waals surface area contributed by atoms with Gasteiger partial charge in [0.25, 0.3) is 0 Å². The van der Waals surface area contributed by atoms with E-state index in [1.165, 1.54) is 4.90 Å². The van der Waals surface area contributed by atoms with Crippen LogP contribution in [0.2, 0.25) is 5.02 Å². The number of hydrogen-bond acceptors (Lipinski definition) is 3. The summed E-state index contributed by atoms with van der Waals surface area (Å²) in [6.45, 7) is 1.45. The predicted octanol–water partition coefficient (Wildman–Crippen LogP) is 2.85. The molecule has 2 heterocycles. The van der Waals surface area contributed by atoms with Crippen molar-refractivity contribution >= 4 is 29.1 Å². The number of halogens is 1. The molecule has 2 amide bonds. The van der Waals surface area contributed by atoms with Gasteiger partial charge in [-0.2, -0.15) is 0 Å². The number of carbonyl (C=O) groups excluding carboxylic acids is 2. The predicted molar refractivity (Wildman–Crippen MR) is 82.4 cm³/mol. The maximum absolute atomic E-state index is 12.0. The molecule has 0 N–H and O–H groups in total. The Morgan fingerprint density at radius 3 is 2.62 bits per heavy atom. The second-order valence-corrected chi connectivity index (χ2v) is 6.16. The maximum Gasteiger partial charge on any atom is 0.229 e. The van der Waals surface area contributed by atoms with Gasteiger partial charge in [0, 0.05) is 42.7 Å². The molecule has 1 aromatic rings. The summed E-state index contributed by atoms with van der Waals surface area (Å²) in [5.41, 5.74) is 1.07. The second-order valence-electron chi connectivity index (χ2n) is 5.72. The third-order valence-electron chi connectivity index (χ3n) is 4.29. The van der Waals surface area contributed by atoms with Crippen molar-refractivity contribution in [2.75, 3.05) is 18.0 Å². The van der Waals surface area contributed by atoms with Crippen LogP contribution in [-0.2, 0) is 9.59 Å². The average molecular weight is 307 g/mol. The van der Waals surface area contributed by atoms with Crippen LogP contribution < -0.4 is 4.90 Å².